The molecule has 6 heteroatoms. The number of likely N-dealkylation sites (tertiary alicyclic amines) is 1. The lowest BCUT2D eigenvalue weighted by Crippen LogP contribution is -2.47. The summed E-state index contributed by atoms with van der Waals surface area (Å²) in [5, 5.41) is 5.95. The van der Waals surface area contributed by atoms with E-state index in [9.17, 15) is 9.59 Å². The van der Waals surface area contributed by atoms with Crippen LogP contribution in [0.2, 0.25) is 0 Å². The number of nitrogens with zero attached hydrogens (tertiary/aromatic N) is 1. The van der Waals surface area contributed by atoms with Crippen molar-refractivity contribution >= 4 is 17.6 Å². The van der Waals surface area contributed by atoms with E-state index in [1.165, 1.54) is 0 Å². The molecule has 1 aromatic carbocycles. The van der Waals surface area contributed by atoms with Gasteiger partial charge in [0.15, 0.2) is 0 Å². The Morgan fingerprint density at radius 3 is 2.65 bits per heavy atom. The van der Waals surface area contributed by atoms with Gasteiger partial charge in [-0.1, -0.05) is 26.0 Å². The zero-order valence-electron chi connectivity index (χ0n) is 16.0. The molecule has 1 fully saturated rings. The molecule has 0 aliphatic carbocycles. The number of anilines is 1. The van der Waals surface area contributed by atoms with Crippen LogP contribution in [0.4, 0.5) is 10.5 Å². The first-order valence-corrected chi connectivity index (χ1v) is 9.58. The van der Waals surface area contributed by atoms with E-state index in [0.29, 0.717) is 32.0 Å². The average Bonchev–Trinajstić information content (AvgIpc) is 2.61. The van der Waals surface area contributed by atoms with Crippen LogP contribution in [0.5, 0.6) is 0 Å². The number of carbonyl (C=O) groups is 2. The topological polar surface area (TPSA) is 87.5 Å². The van der Waals surface area contributed by atoms with E-state index < -0.39 is 0 Å². The summed E-state index contributed by atoms with van der Waals surface area (Å²) < 4.78 is 0. The highest BCUT2D eigenvalue weighted by molar-refractivity contribution is 5.77. The molecule has 144 valence electrons. The first kappa shape index (κ1) is 20.1. The molecule has 0 saturated carbocycles. The normalized spacial score (nSPS) is 17.2. The molecule has 1 aliphatic rings. The maximum absolute atomic E-state index is 12.2. The van der Waals surface area contributed by atoms with Crippen molar-refractivity contribution < 1.29 is 9.59 Å². The predicted octanol–water partition coefficient (Wildman–Crippen LogP) is 2.40. The third-order valence-electron chi connectivity index (χ3n) is 4.66. The summed E-state index contributed by atoms with van der Waals surface area (Å²) in [5.41, 5.74) is 7.58. The zero-order valence-corrected chi connectivity index (χ0v) is 16.0. The van der Waals surface area contributed by atoms with Crippen molar-refractivity contribution in [3.8, 4) is 0 Å². The highest BCUT2D eigenvalue weighted by atomic mass is 16.2. The molecule has 1 aromatic rings. The Morgan fingerprint density at radius 1 is 1.23 bits per heavy atom. The maximum atomic E-state index is 12.2. The van der Waals surface area contributed by atoms with Gasteiger partial charge in [-0.3, -0.25) is 4.79 Å². The summed E-state index contributed by atoms with van der Waals surface area (Å²) in [6, 6.07) is 7.70. The quantitative estimate of drug-likeness (QED) is 0.653. The van der Waals surface area contributed by atoms with Gasteiger partial charge in [0.25, 0.3) is 0 Å². The number of hydrogen-bond donors (Lipinski definition) is 3. The Bertz CT molecular complexity index is 586. The lowest BCUT2D eigenvalue weighted by atomic mass is 9.94. The number of hydrogen-bond acceptors (Lipinski definition) is 3. The first-order valence-electron chi connectivity index (χ1n) is 9.58. The van der Waals surface area contributed by atoms with E-state index in [2.05, 4.69) is 24.5 Å². The van der Waals surface area contributed by atoms with Crippen LogP contribution in [0.15, 0.2) is 24.3 Å². The van der Waals surface area contributed by atoms with E-state index in [0.717, 1.165) is 37.1 Å². The van der Waals surface area contributed by atoms with Crippen LogP contribution in [-0.4, -0.2) is 43.0 Å². The molecule has 3 amide bonds. The lowest BCUT2D eigenvalue weighted by Gasteiger charge is -2.32. The molecule has 1 heterocycles. The van der Waals surface area contributed by atoms with Crippen LogP contribution in [0.3, 0.4) is 0 Å². The SMILES string of the molecule is CC(C)CNC(=O)N1CCCC(CC(=O)NCCc2ccc(N)cc2)C1. The minimum atomic E-state index is -0.00726. The van der Waals surface area contributed by atoms with Gasteiger partial charge in [-0.15, -0.1) is 0 Å². The molecule has 4 N–H and O–H groups in total. The molecule has 0 aromatic heterocycles. The fraction of sp³-hybridized carbons (Fsp3) is 0.600. The van der Waals surface area contributed by atoms with E-state index in [4.69, 9.17) is 5.73 Å². The Hall–Kier alpha value is -2.24. The van der Waals surface area contributed by atoms with Gasteiger partial charge in [0, 0.05) is 38.3 Å². The predicted molar refractivity (Wildman–Crippen MR) is 105 cm³/mol. The smallest absolute Gasteiger partial charge is 0.317 e. The fourth-order valence-electron chi connectivity index (χ4n) is 3.18. The molecule has 1 atom stereocenters. The number of amides is 3. The van der Waals surface area contributed by atoms with Crippen LogP contribution in [0, 0.1) is 11.8 Å². The van der Waals surface area contributed by atoms with Gasteiger partial charge in [-0.25, -0.2) is 4.79 Å². The van der Waals surface area contributed by atoms with E-state index in [-0.39, 0.29) is 17.9 Å². The van der Waals surface area contributed by atoms with E-state index in [1.54, 1.807) is 0 Å². The Morgan fingerprint density at radius 2 is 1.96 bits per heavy atom. The van der Waals surface area contributed by atoms with Crippen LogP contribution < -0.4 is 16.4 Å². The van der Waals surface area contributed by atoms with Gasteiger partial charge in [0.05, 0.1) is 0 Å². The summed E-state index contributed by atoms with van der Waals surface area (Å²) in [4.78, 5) is 26.2. The number of carbonyl (C=O) groups excluding carboxylic acids is 2. The second kappa shape index (κ2) is 10.0. The Balaban J connectivity index is 1.69. The summed E-state index contributed by atoms with van der Waals surface area (Å²) in [6.07, 6.45) is 3.23. The third kappa shape index (κ3) is 6.94. The molecule has 1 saturated heterocycles. The summed E-state index contributed by atoms with van der Waals surface area (Å²) >= 11 is 0. The van der Waals surface area contributed by atoms with Gasteiger partial charge in [-0.2, -0.15) is 0 Å². The molecule has 0 radical (unpaired) electrons. The van der Waals surface area contributed by atoms with Crippen LogP contribution in [0.1, 0.15) is 38.7 Å². The van der Waals surface area contributed by atoms with Gasteiger partial charge in [0.1, 0.15) is 0 Å². The fourth-order valence-corrected chi connectivity index (χ4v) is 3.18. The molecule has 0 spiro atoms. The van der Waals surface area contributed by atoms with Crippen molar-refractivity contribution in [1.82, 2.24) is 15.5 Å². The largest absolute Gasteiger partial charge is 0.399 e. The molecular weight excluding hydrogens is 328 g/mol. The van der Waals surface area contributed by atoms with Crippen molar-refractivity contribution in [2.24, 2.45) is 11.8 Å². The molecule has 1 unspecified atom stereocenters. The molecular formula is C20H32N4O2. The summed E-state index contributed by atoms with van der Waals surface area (Å²) in [7, 11) is 0. The van der Waals surface area contributed by atoms with Crippen LogP contribution >= 0.6 is 0 Å². The molecule has 0 bridgehead atoms. The Labute approximate surface area is 156 Å². The number of nitrogens with two attached hydrogens (primary N) is 1. The molecule has 6 nitrogen and oxygen atoms in total. The second-order valence-electron chi connectivity index (χ2n) is 7.58. The standard InChI is InChI=1S/C20H32N4O2/c1-15(2)13-23-20(26)24-11-3-4-17(14-24)12-19(25)22-10-9-16-5-7-18(21)8-6-16/h5-8,15,17H,3-4,9-14,21H2,1-2H3,(H,22,25)(H,23,26). The number of piperidine rings is 1. The van der Waals surface area contributed by atoms with E-state index >= 15 is 0 Å². The van der Waals surface area contributed by atoms with Gasteiger partial charge in [0.2, 0.25) is 5.91 Å². The highest BCUT2D eigenvalue weighted by Gasteiger charge is 2.25. The summed E-state index contributed by atoms with van der Waals surface area (Å²) in [6.45, 7) is 6.90. The van der Waals surface area contributed by atoms with Crippen molar-refractivity contribution in [2.75, 3.05) is 31.9 Å². The van der Waals surface area contributed by atoms with Crippen molar-refractivity contribution in [1.29, 1.82) is 0 Å². The van der Waals surface area contributed by atoms with E-state index in [1.807, 2.05) is 29.2 Å². The molecule has 1 aliphatic heterocycles. The first-order chi connectivity index (χ1) is 12.4. The Kier molecular flexibility index (Phi) is 7.75. The monoisotopic (exact) mass is 360 g/mol. The lowest BCUT2D eigenvalue weighted by molar-refractivity contribution is -0.122. The van der Waals surface area contributed by atoms with Gasteiger partial charge in [-0.05, 0) is 48.8 Å². The average molecular weight is 361 g/mol. The van der Waals surface area contributed by atoms with Gasteiger partial charge < -0.3 is 21.3 Å². The number of nitrogens with one attached hydrogen (secondary N) is 2. The van der Waals surface area contributed by atoms with Crippen LogP contribution in [-0.2, 0) is 11.2 Å². The number of urea groups is 1. The molecule has 26 heavy (non-hydrogen) atoms. The van der Waals surface area contributed by atoms with Gasteiger partial charge >= 0.3 is 6.03 Å². The zero-order chi connectivity index (χ0) is 18.9. The molecule has 2 rings (SSSR count). The van der Waals surface area contributed by atoms with Crippen molar-refractivity contribution in [2.45, 2.75) is 39.5 Å². The highest BCUT2D eigenvalue weighted by Crippen LogP contribution is 2.19. The summed E-state index contributed by atoms with van der Waals surface area (Å²) in [5.74, 6) is 0.742. The minimum Gasteiger partial charge on any atom is -0.399 e. The number of nitrogen functional groups attached to an aromatic ring is 1. The number of rotatable bonds is 7. The van der Waals surface area contributed by atoms with Crippen LogP contribution in [0.25, 0.3) is 0 Å². The second-order valence-corrected chi connectivity index (χ2v) is 7.58. The van der Waals surface area contributed by atoms with Crippen molar-refractivity contribution in [3.05, 3.63) is 29.8 Å². The third-order valence-corrected chi connectivity index (χ3v) is 4.66. The van der Waals surface area contributed by atoms with Crippen molar-refractivity contribution in [3.63, 3.8) is 0 Å². The minimum absolute atomic E-state index is 0.00726. The maximum Gasteiger partial charge on any atom is 0.317 e. The number of benzene rings is 1.